The first kappa shape index (κ1) is 21.4. The van der Waals surface area contributed by atoms with Crippen LogP contribution in [0, 0.1) is 0 Å². The molecule has 0 radical (unpaired) electrons. The maximum absolute atomic E-state index is 12.5. The zero-order chi connectivity index (χ0) is 21.8. The van der Waals surface area contributed by atoms with Gasteiger partial charge in [0.2, 0.25) is 5.88 Å². The summed E-state index contributed by atoms with van der Waals surface area (Å²) in [5.74, 6) is -0.0991. The number of alkyl halides is 3. The van der Waals surface area contributed by atoms with Crippen molar-refractivity contribution in [2.75, 3.05) is 6.61 Å². The number of hydrogen-bond acceptors (Lipinski definition) is 4. The molecule has 2 heterocycles. The van der Waals surface area contributed by atoms with Gasteiger partial charge in [-0.15, -0.1) is 0 Å². The number of amides is 1. The van der Waals surface area contributed by atoms with Crippen LogP contribution in [0.1, 0.15) is 30.2 Å². The SMILES string of the molecule is CC(C)(Cc1ncc(-c2ccccc2)[nH]1)NC(=O)c1cccc(OCC(F)(F)F)n1. The topological polar surface area (TPSA) is 79.9 Å². The molecule has 0 aliphatic heterocycles. The smallest absolute Gasteiger partial charge is 0.422 e. The van der Waals surface area contributed by atoms with Gasteiger partial charge < -0.3 is 15.0 Å². The average Bonchev–Trinajstić information content (AvgIpc) is 3.14. The van der Waals surface area contributed by atoms with E-state index in [0.717, 1.165) is 11.3 Å². The van der Waals surface area contributed by atoms with Crippen LogP contribution in [0.15, 0.2) is 54.7 Å². The van der Waals surface area contributed by atoms with Crippen LogP contribution in [0.5, 0.6) is 5.88 Å². The Bertz CT molecular complexity index is 1000. The molecule has 9 heteroatoms. The van der Waals surface area contributed by atoms with Gasteiger partial charge in [0.05, 0.1) is 11.9 Å². The summed E-state index contributed by atoms with van der Waals surface area (Å²) in [6.07, 6.45) is -2.34. The fraction of sp³-hybridized carbons (Fsp3) is 0.286. The number of H-pyrrole nitrogens is 1. The second kappa shape index (κ2) is 8.56. The van der Waals surface area contributed by atoms with Gasteiger partial charge in [-0.3, -0.25) is 4.79 Å². The van der Waals surface area contributed by atoms with E-state index in [9.17, 15) is 18.0 Å². The van der Waals surface area contributed by atoms with Crippen molar-refractivity contribution < 1.29 is 22.7 Å². The predicted octanol–water partition coefficient (Wildman–Crippen LogP) is 4.16. The summed E-state index contributed by atoms with van der Waals surface area (Å²) >= 11 is 0. The van der Waals surface area contributed by atoms with Crippen LogP contribution < -0.4 is 10.1 Å². The first-order valence-corrected chi connectivity index (χ1v) is 9.20. The van der Waals surface area contributed by atoms with Crippen LogP contribution in [0.2, 0.25) is 0 Å². The van der Waals surface area contributed by atoms with Gasteiger partial charge in [0.25, 0.3) is 5.91 Å². The summed E-state index contributed by atoms with van der Waals surface area (Å²) in [6.45, 7) is 2.16. The summed E-state index contributed by atoms with van der Waals surface area (Å²) in [5, 5.41) is 2.83. The molecule has 6 nitrogen and oxygen atoms in total. The Morgan fingerprint density at radius 1 is 1.10 bits per heavy atom. The molecule has 0 aliphatic rings. The Hall–Kier alpha value is -3.36. The Labute approximate surface area is 171 Å². The highest BCUT2D eigenvalue weighted by atomic mass is 19.4. The van der Waals surface area contributed by atoms with Crippen molar-refractivity contribution in [2.45, 2.75) is 32.0 Å². The molecule has 2 N–H and O–H groups in total. The highest BCUT2D eigenvalue weighted by Crippen LogP contribution is 2.20. The molecule has 3 rings (SSSR count). The number of aromatic nitrogens is 3. The number of aromatic amines is 1. The first-order chi connectivity index (χ1) is 14.1. The summed E-state index contributed by atoms with van der Waals surface area (Å²) in [5.41, 5.74) is 1.14. The van der Waals surface area contributed by atoms with E-state index in [1.807, 2.05) is 44.2 Å². The van der Waals surface area contributed by atoms with Gasteiger partial charge in [-0.05, 0) is 25.5 Å². The number of carbonyl (C=O) groups excluding carboxylic acids is 1. The van der Waals surface area contributed by atoms with Crippen LogP contribution in [0.25, 0.3) is 11.3 Å². The largest absolute Gasteiger partial charge is 0.468 e. The van der Waals surface area contributed by atoms with Gasteiger partial charge >= 0.3 is 6.18 Å². The number of rotatable bonds is 7. The lowest BCUT2D eigenvalue weighted by Crippen LogP contribution is -2.45. The number of ether oxygens (including phenoxy) is 1. The van der Waals surface area contributed by atoms with Crippen LogP contribution in [0.3, 0.4) is 0 Å². The third kappa shape index (κ3) is 6.07. The maximum Gasteiger partial charge on any atom is 0.422 e. The van der Waals surface area contributed by atoms with E-state index >= 15 is 0 Å². The lowest BCUT2D eigenvalue weighted by molar-refractivity contribution is -0.154. The van der Waals surface area contributed by atoms with E-state index in [-0.39, 0.29) is 11.6 Å². The van der Waals surface area contributed by atoms with Gasteiger partial charge in [-0.25, -0.2) is 9.97 Å². The minimum Gasteiger partial charge on any atom is -0.468 e. The molecule has 30 heavy (non-hydrogen) atoms. The summed E-state index contributed by atoms with van der Waals surface area (Å²) in [6, 6.07) is 13.8. The third-order valence-corrected chi connectivity index (χ3v) is 4.11. The molecule has 0 fully saturated rings. The molecule has 1 amide bonds. The molecule has 0 saturated heterocycles. The number of hydrogen-bond donors (Lipinski definition) is 2. The zero-order valence-electron chi connectivity index (χ0n) is 16.5. The van der Waals surface area contributed by atoms with Crippen molar-refractivity contribution in [1.29, 1.82) is 0 Å². The average molecular weight is 418 g/mol. The Balaban J connectivity index is 1.64. The van der Waals surface area contributed by atoms with Gasteiger partial charge in [-0.2, -0.15) is 13.2 Å². The molecule has 2 aromatic heterocycles. The first-order valence-electron chi connectivity index (χ1n) is 9.20. The standard InChI is InChI=1S/C21H21F3N4O2/c1-20(2,11-17-25-12-16(26-17)14-7-4-3-5-8-14)28-19(29)15-9-6-10-18(27-15)30-13-21(22,23)24/h3-10,12H,11,13H2,1-2H3,(H,25,26)(H,28,29). The lowest BCUT2D eigenvalue weighted by atomic mass is 10.00. The quantitative estimate of drug-likeness (QED) is 0.604. The third-order valence-electron chi connectivity index (χ3n) is 4.11. The minimum atomic E-state index is -4.48. The van der Waals surface area contributed by atoms with Crippen LogP contribution in [-0.2, 0) is 6.42 Å². The van der Waals surface area contributed by atoms with Gasteiger partial charge in [-0.1, -0.05) is 36.4 Å². The molecule has 0 unspecified atom stereocenters. The van der Waals surface area contributed by atoms with Crippen LogP contribution in [0.4, 0.5) is 13.2 Å². The molecule has 3 aromatic rings. The molecule has 0 saturated carbocycles. The van der Waals surface area contributed by atoms with E-state index < -0.39 is 24.2 Å². The number of benzene rings is 1. The molecule has 0 aliphatic carbocycles. The van der Waals surface area contributed by atoms with Gasteiger partial charge in [0.1, 0.15) is 11.5 Å². The number of imidazole rings is 1. The number of halogens is 3. The summed E-state index contributed by atoms with van der Waals surface area (Å²) in [7, 11) is 0. The van der Waals surface area contributed by atoms with Crippen molar-refractivity contribution in [2.24, 2.45) is 0 Å². The molecule has 0 bridgehead atoms. The minimum absolute atomic E-state index is 0.0350. The highest BCUT2D eigenvalue weighted by Gasteiger charge is 2.29. The fourth-order valence-corrected chi connectivity index (χ4v) is 2.83. The van der Waals surface area contributed by atoms with Crippen molar-refractivity contribution in [3.8, 4) is 17.1 Å². The second-order valence-corrected chi connectivity index (χ2v) is 7.39. The number of nitrogens with one attached hydrogen (secondary N) is 2. The molecule has 0 spiro atoms. The van der Waals surface area contributed by atoms with E-state index in [4.69, 9.17) is 0 Å². The summed E-state index contributed by atoms with van der Waals surface area (Å²) in [4.78, 5) is 24.0. The molecular weight excluding hydrogens is 397 g/mol. The molecule has 0 atom stereocenters. The fourth-order valence-electron chi connectivity index (χ4n) is 2.83. The monoisotopic (exact) mass is 418 g/mol. The lowest BCUT2D eigenvalue weighted by Gasteiger charge is -2.25. The molecular formula is C21H21F3N4O2. The van der Waals surface area contributed by atoms with E-state index in [2.05, 4.69) is 25.0 Å². The zero-order valence-corrected chi connectivity index (χ0v) is 16.5. The van der Waals surface area contributed by atoms with Crippen molar-refractivity contribution in [3.63, 3.8) is 0 Å². The molecule has 1 aromatic carbocycles. The summed E-state index contributed by atoms with van der Waals surface area (Å²) < 4.78 is 41.5. The normalized spacial score (nSPS) is 11.9. The van der Waals surface area contributed by atoms with Crippen molar-refractivity contribution in [1.82, 2.24) is 20.3 Å². The number of pyridine rings is 1. The Morgan fingerprint density at radius 2 is 1.83 bits per heavy atom. The number of carbonyl (C=O) groups is 1. The van der Waals surface area contributed by atoms with Gasteiger partial charge in [0.15, 0.2) is 6.61 Å². The highest BCUT2D eigenvalue weighted by molar-refractivity contribution is 5.92. The van der Waals surface area contributed by atoms with Crippen LogP contribution >= 0.6 is 0 Å². The Morgan fingerprint density at radius 3 is 2.53 bits per heavy atom. The maximum atomic E-state index is 12.5. The van der Waals surface area contributed by atoms with E-state index in [1.165, 1.54) is 18.2 Å². The van der Waals surface area contributed by atoms with Crippen molar-refractivity contribution in [3.05, 3.63) is 66.2 Å². The van der Waals surface area contributed by atoms with E-state index in [1.54, 1.807) is 6.20 Å². The predicted molar refractivity (Wildman–Crippen MR) is 105 cm³/mol. The number of nitrogens with zero attached hydrogens (tertiary/aromatic N) is 2. The van der Waals surface area contributed by atoms with E-state index in [0.29, 0.717) is 12.2 Å². The second-order valence-electron chi connectivity index (χ2n) is 7.39. The Kier molecular flexibility index (Phi) is 6.09. The van der Waals surface area contributed by atoms with Crippen LogP contribution in [-0.4, -0.2) is 39.2 Å². The van der Waals surface area contributed by atoms with Crippen molar-refractivity contribution >= 4 is 5.91 Å². The molecule has 158 valence electrons. The van der Waals surface area contributed by atoms with Gasteiger partial charge in [0, 0.05) is 18.0 Å².